The standard InChI is InChI=1S/C7H12O2S/c1-5(2)3-7(10)6(9)4-8/h4-5,7,10H,3H2,1-2H3. The Balaban J connectivity index is 3.72. The Hall–Kier alpha value is -0.310. The fraction of sp³-hybridized carbons (Fsp3) is 0.714. The normalized spacial score (nSPS) is 13.2. The van der Waals surface area contributed by atoms with Gasteiger partial charge >= 0.3 is 0 Å². The lowest BCUT2D eigenvalue weighted by Gasteiger charge is -2.07. The highest BCUT2D eigenvalue weighted by Gasteiger charge is 2.13. The number of carbonyl (C=O) groups is 2. The monoisotopic (exact) mass is 160 g/mol. The van der Waals surface area contributed by atoms with E-state index in [1.54, 1.807) is 0 Å². The first-order valence-electron chi connectivity index (χ1n) is 3.25. The van der Waals surface area contributed by atoms with Gasteiger partial charge in [0.2, 0.25) is 5.78 Å². The molecule has 0 spiro atoms. The van der Waals surface area contributed by atoms with Gasteiger partial charge < -0.3 is 0 Å². The molecule has 0 aliphatic rings. The van der Waals surface area contributed by atoms with E-state index in [-0.39, 0.29) is 0 Å². The molecule has 0 rings (SSSR count). The lowest BCUT2D eigenvalue weighted by molar-refractivity contribution is -0.129. The number of hydrogen-bond donors (Lipinski definition) is 1. The number of carbonyl (C=O) groups excluding carboxylic acids is 2. The minimum atomic E-state index is -0.419. The van der Waals surface area contributed by atoms with Crippen molar-refractivity contribution >= 4 is 24.7 Å². The highest BCUT2D eigenvalue weighted by atomic mass is 32.1. The van der Waals surface area contributed by atoms with Gasteiger partial charge in [-0.1, -0.05) is 13.8 Å². The van der Waals surface area contributed by atoms with Gasteiger partial charge in [0.1, 0.15) is 0 Å². The van der Waals surface area contributed by atoms with Crippen LogP contribution in [0.4, 0.5) is 0 Å². The summed E-state index contributed by atoms with van der Waals surface area (Å²) >= 11 is 3.96. The summed E-state index contributed by atoms with van der Waals surface area (Å²) < 4.78 is 0. The predicted octanol–water partition coefficient (Wildman–Crippen LogP) is 1.10. The first kappa shape index (κ1) is 9.69. The van der Waals surface area contributed by atoms with E-state index in [1.165, 1.54) is 0 Å². The number of hydrogen-bond acceptors (Lipinski definition) is 3. The number of ketones is 1. The molecule has 1 unspecified atom stereocenters. The smallest absolute Gasteiger partial charge is 0.207 e. The van der Waals surface area contributed by atoms with Crippen LogP contribution in [0.3, 0.4) is 0 Å². The SMILES string of the molecule is CC(C)CC(S)C(=O)C=O. The summed E-state index contributed by atoms with van der Waals surface area (Å²) in [7, 11) is 0. The summed E-state index contributed by atoms with van der Waals surface area (Å²) in [6, 6.07) is 0. The van der Waals surface area contributed by atoms with Gasteiger partial charge in [-0.05, 0) is 12.3 Å². The quantitative estimate of drug-likeness (QED) is 0.379. The molecule has 0 saturated heterocycles. The van der Waals surface area contributed by atoms with Crippen LogP contribution in [0.1, 0.15) is 20.3 Å². The summed E-state index contributed by atoms with van der Waals surface area (Å²) in [5.41, 5.74) is 0. The molecule has 0 aromatic rings. The van der Waals surface area contributed by atoms with E-state index in [1.807, 2.05) is 13.8 Å². The van der Waals surface area contributed by atoms with Gasteiger partial charge in [-0.25, -0.2) is 0 Å². The molecule has 0 radical (unpaired) electrons. The molecule has 0 aliphatic carbocycles. The molecule has 58 valence electrons. The van der Waals surface area contributed by atoms with Crippen LogP contribution in [0.25, 0.3) is 0 Å². The van der Waals surface area contributed by atoms with Gasteiger partial charge in [0.05, 0.1) is 5.25 Å². The van der Waals surface area contributed by atoms with E-state index >= 15 is 0 Å². The Morgan fingerprint density at radius 2 is 2.10 bits per heavy atom. The third kappa shape index (κ3) is 3.67. The molecule has 0 saturated carbocycles. The third-order valence-electron chi connectivity index (χ3n) is 1.14. The number of thiol groups is 1. The number of rotatable bonds is 4. The zero-order valence-electron chi connectivity index (χ0n) is 6.20. The van der Waals surface area contributed by atoms with Crippen LogP contribution in [0.15, 0.2) is 0 Å². The fourth-order valence-corrected chi connectivity index (χ4v) is 1.12. The lowest BCUT2D eigenvalue weighted by atomic mass is 10.1. The molecule has 1 atom stereocenters. The highest BCUT2D eigenvalue weighted by Crippen LogP contribution is 2.09. The topological polar surface area (TPSA) is 34.1 Å². The second-order valence-electron chi connectivity index (χ2n) is 2.67. The summed E-state index contributed by atoms with van der Waals surface area (Å²) in [6.45, 7) is 3.97. The molecular formula is C7H12O2S. The highest BCUT2D eigenvalue weighted by molar-refractivity contribution is 7.82. The first-order chi connectivity index (χ1) is 4.57. The van der Waals surface area contributed by atoms with Crippen molar-refractivity contribution in [2.45, 2.75) is 25.5 Å². The van der Waals surface area contributed by atoms with E-state index in [4.69, 9.17) is 0 Å². The van der Waals surface area contributed by atoms with Gasteiger partial charge in [-0.15, -0.1) is 0 Å². The second kappa shape index (κ2) is 4.50. The largest absolute Gasteiger partial charge is 0.295 e. The third-order valence-corrected chi connectivity index (χ3v) is 1.60. The lowest BCUT2D eigenvalue weighted by Crippen LogP contribution is -2.17. The zero-order valence-corrected chi connectivity index (χ0v) is 7.10. The van der Waals surface area contributed by atoms with Crippen molar-refractivity contribution in [1.29, 1.82) is 0 Å². The van der Waals surface area contributed by atoms with Crippen molar-refractivity contribution in [1.82, 2.24) is 0 Å². The molecule has 0 aromatic carbocycles. The fourth-order valence-electron chi connectivity index (χ4n) is 0.641. The van der Waals surface area contributed by atoms with Crippen molar-refractivity contribution in [3.63, 3.8) is 0 Å². The number of Topliss-reactive ketones (excluding diaryl/α,β-unsaturated/α-hetero) is 1. The van der Waals surface area contributed by atoms with Gasteiger partial charge in [-0.2, -0.15) is 12.6 Å². The Morgan fingerprint density at radius 1 is 1.60 bits per heavy atom. The average Bonchev–Trinajstić information content (AvgIpc) is 1.85. The molecule has 0 amide bonds. The van der Waals surface area contributed by atoms with Crippen molar-refractivity contribution in [3.8, 4) is 0 Å². The molecule has 3 heteroatoms. The van der Waals surface area contributed by atoms with Crippen LogP contribution < -0.4 is 0 Å². The molecule has 0 N–H and O–H groups in total. The van der Waals surface area contributed by atoms with E-state index in [2.05, 4.69) is 12.6 Å². The Morgan fingerprint density at radius 3 is 2.40 bits per heavy atom. The zero-order chi connectivity index (χ0) is 8.15. The molecular weight excluding hydrogens is 148 g/mol. The van der Waals surface area contributed by atoms with Crippen LogP contribution in [-0.4, -0.2) is 17.3 Å². The summed E-state index contributed by atoms with van der Waals surface area (Å²) in [4.78, 5) is 20.5. The average molecular weight is 160 g/mol. The Bertz CT molecular complexity index is 132. The maximum atomic E-state index is 10.6. The van der Waals surface area contributed by atoms with Crippen molar-refractivity contribution in [2.24, 2.45) is 5.92 Å². The Labute approximate surface area is 66.4 Å². The molecule has 0 aliphatic heterocycles. The van der Waals surface area contributed by atoms with Crippen molar-refractivity contribution < 1.29 is 9.59 Å². The molecule has 10 heavy (non-hydrogen) atoms. The summed E-state index contributed by atoms with van der Waals surface area (Å²) in [5, 5.41) is -0.405. The van der Waals surface area contributed by atoms with Crippen LogP contribution in [-0.2, 0) is 9.59 Å². The van der Waals surface area contributed by atoms with E-state index in [0.29, 0.717) is 18.6 Å². The second-order valence-corrected chi connectivity index (χ2v) is 3.29. The van der Waals surface area contributed by atoms with Crippen LogP contribution in [0.5, 0.6) is 0 Å². The van der Waals surface area contributed by atoms with Gasteiger partial charge in [0.15, 0.2) is 6.29 Å². The van der Waals surface area contributed by atoms with Crippen LogP contribution >= 0.6 is 12.6 Å². The predicted molar refractivity (Wildman–Crippen MR) is 43.3 cm³/mol. The molecule has 0 aromatic heterocycles. The summed E-state index contributed by atoms with van der Waals surface area (Å²) in [6.07, 6.45) is 1.00. The molecule has 0 fully saturated rings. The molecule has 2 nitrogen and oxygen atoms in total. The minimum Gasteiger partial charge on any atom is -0.295 e. The van der Waals surface area contributed by atoms with E-state index < -0.39 is 11.0 Å². The molecule has 0 bridgehead atoms. The van der Waals surface area contributed by atoms with E-state index in [9.17, 15) is 9.59 Å². The number of aldehydes is 1. The first-order valence-corrected chi connectivity index (χ1v) is 3.76. The Kier molecular flexibility index (Phi) is 4.36. The summed E-state index contributed by atoms with van der Waals surface area (Å²) in [5.74, 6) is -0.0107. The van der Waals surface area contributed by atoms with Crippen LogP contribution in [0, 0.1) is 5.92 Å². The van der Waals surface area contributed by atoms with Crippen LogP contribution in [0.2, 0.25) is 0 Å². The van der Waals surface area contributed by atoms with Crippen molar-refractivity contribution in [3.05, 3.63) is 0 Å². The maximum absolute atomic E-state index is 10.6. The van der Waals surface area contributed by atoms with Gasteiger partial charge in [0.25, 0.3) is 0 Å². The van der Waals surface area contributed by atoms with Crippen molar-refractivity contribution in [2.75, 3.05) is 0 Å². The minimum absolute atomic E-state index is 0.333. The maximum Gasteiger partial charge on any atom is 0.207 e. The van der Waals surface area contributed by atoms with Gasteiger partial charge in [0, 0.05) is 0 Å². The molecule has 0 heterocycles. The van der Waals surface area contributed by atoms with Gasteiger partial charge in [-0.3, -0.25) is 9.59 Å². The van der Waals surface area contributed by atoms with E-state index in [0.717, 1.165) is 0 Å².